The molecule has 2 rings (SSSR count). The zero-order valence-electron chi connectivity index (χ0n) is 17.7. The highest BCUT2D eigenvalue weighted by Gasteiger charge is 2.35. The Balaban J connectivity index is 2.55. The van der Waals surface area contributed by atoms with E-state index >= 15 is 0 Å². The van der Waals surface area contributed by atoms with Crippen LogP contribution in [0.1, 0.15) is 44.7 Å². The van der Waals surface area contributed by atoms with Gasteiger partial charge in [-0.3, -0.25) is 4.79 Å². The second-order valence-corrected chi connectivity index (χ2v) is 7.23. The summed E-state index contributed by atoms with van der Waals surface area (Å²) in [7, 11) is 0. The molecular formula is C24H30O6. The first kappa shape index (κ1) is 23.4. The predicted molar refractivity (Wildman–Crippen MR) is 114 cm³/mol. The fourth-order valence-corrected chi connectivity index (χ4v) is 3.41. The number of esters is 1. The predicted octanol–water partition coefficient (Wildman–Crippen LogP) is 3.94. The molecule has 0 heterocycles. The Morgan fingerprint density at radius 1 is 1.00 bits per heavy atom. The fraction of sp³-hybridized carbons (Fsp3) is 0.375. The lowest BCUT2D eigenvalue weighted by Gasteiger charge is -2.34. The van der Waals surface area contributed by atoms with E-state index in [9.17, 15) is 15.0 Å². The zero-order chi connectivity index (χ0) is 22.1. The van der Waals surface area contributed by atoms with E-state index in [4.69, 9.17) is 14.2 Å². The molecule has 162 valence electrons. The molecule has 0 aromatic heterocycles. The van der Waals surface area contributed by atoms with Crippen molar-refractivity contribution in [1.29, 1.82) is 0 Å². The van der Waals surface area contributed by atoms with Gasteiger partial charge in [0.2, 0.25) is 0 Å². The molecule has 2 aromatic rings. The van der Waals surface area contributed by atoms with Gasteiger partial charge in [-0.1, -0.05) is 56.0 Å². The molecule has 2 unspecified atom stereocenters. The minimum Gasteiger partial charge on any atom is -0.465 e. The number of carbonyl (C=O) groups is 1. The van der Waals surface area contributed by atoms with Gasteiger partial charge in [0.25, 0.3) is 0 Å². The summed E-state index contributed by atoms with van der Waals surface area (Å²) in [6, 6.07) is 14.7. The summed E-state index contributed by atoms with van der Waals surface area (Å²) in [6.07, 6.45) is 0.0581. The van der Waals surface area contributed by atoms with Gasteiger partial charge in [-0.2, -0.15) is 0 Å². The summed E-state index contributed by atoms with van der Waals surface area (Å²) in [6.45, 7) is 8.75. The largest absolute Gasteiger partial charge is 0.465 e. The molecule has 2 atom stereocenters. The van der Waals surface area contributed by atoms with Crippen molar-refractivity contribution >= 4 is 5.97 Å². The maximum Gasteiger partial charge on any atom is 0.306 e. The van der Waals surface area contributed by atoms with Crippen molar-refractivity contribution in [2.45, 2.75) is 51.6 Å². The van der Waals surface area contributed by atoms with Crippen LogP contribution in [0, 0.1) is 0 Å². The molecular weight excluding hydrogens is 384 g/mol. The standard InChI is InChI=1S/C24H30O6/c1-5-16-28-23(27)14-15-24(4,19-10-6-8-12-21(19)29-17(2)25)20-11-7-9-13-22(20)30-18(3)26/h5-13,17-18,25-26H,1,14-16H2,2-4H3. The monoisotopic (exact) mass is 414 g/mol. The van der Waals surface area contributed by atoms with E-state index in [1.54, 1.807) is 12.1 Å². The van der Waals surface area contributed by atoms with Crippen LogP contribution in [0.15, 0.2) is 61.2 Å². The van der Waals surface area contributed by atoms with E-state index in [0.717, 1.165) is 11.1 Å². The normalized spacial score (nSPS) is 14.8. The third-order valence-electron chi connectivity index (χ3n) is 4.75. The summed E-state index contributed by atoms with van der Waals surface area (Å²) >= 11 is 0. The highest BCUT2D eigenvalue weighted by molar-refractivity contribution is 5.70. The zero-order valence-corrected chi connectivity index (χ0v) is 17.7. The van der Waals surface area contributed by atoms with Crippen molar-refractivity contribution in [3.8, 4) is 11.5 Å². The molecule has 0 saturated heterocycles. The Morgan fingerprint density at radius 3 is 1.90 bits per heavy atom. The number of hydrogen-bond donors (Lipinski definition) is 2. The molecule has 0 amide bonds. The molecule has 0 aliphatic rings. The molecule has 2 N–H and O–H groups in total. The first-order chi connectivity index (χ1) is 14.3. The topological polar surface area (TPSA) is 85.2 Å². The lowest BCUT2D eigenvalue weighted by atomic mass is 9.72. The first-order valence-corrected chi connectivity index (χ1v) is 9.93. The number of aliphatic hydroxyl groups excluding tert-OH is 2. The number of hydrogen-bond acceptors (Lipinski definition) is 6. The second-order valence-electron chi connectivity index (χ2n) is 7.23. The fourth-order valence-electron chi connectivity index (χ4n) is 3.41. The van der Waals surface area contributed by atoms with Gasteiger partial charge in [0.1, 0.15) is 18.1 Å². The highest BCUT2D eigenvalue weighted by atomic mass is 16.6. The van der Waals surface area contributed by atoms with Gasteiger partial charge in [-0.25, -0.2) is 0 Å². The van der Waals surface area contributed by atoms with E-state index in [-0.39, 0.29) is 19.0 Å². The molecule has 2 aromatic carbocycles. The van der Waals surface area contributed by atoms with Crippen LogP contribution in [0.2, 0.25) is 0 Å². The van der Waals surface area contributed by atoms with Crippen LogP contribution in [0.25, 0.3) is 0 Å². The van der Waals surface area contributed by atoms with Gasteiger partial charge in [0.05, 0.1) is 0 Å². The number of rotatable bonds is 11. The van der Waals surface area contributed by atoms with E-state index in [1.807, 2.05) is 43.3 Å². The molecule has 0 saturated carbocycles. The summed E-state index contributed by atoms with van der Waals surface area (Å²) in [5.41, 5.74) is 0.831. The maximum absolute atomic E-state index is 12.2. The van der Waals surface area contributed by atoms with Gasteiger partial charge in [-0.05, 0) is 32.4 Å². The second kappa shape index (κ2) is 10.8. The van der Waals surface area contributed by atoms with Gasteiger partial charge in [0, 0.05) is 23.0 Å². The van der Waals surface area contributed by atoms with Crippen LogP contribution in [0.5, 0.6) is 11.5 Å². The van der Waals surface area contributed by atoms with Gasteiger partial charge >= 0.3 is 5.97 Å². The third kappa shape index (κ3) is 6.08. The summed E-state index contributed by atoms with van der Waals surface area (Å²) < 4.78 is 16.4. The van der Waals surface area contributed by atoms with Crippen molar-refractivity contribution in [1.82, 2.24) is 0 Å². The summed E-state index contributed by atoms with van der Waals surface area (Å²) in [5, 5.41) is 19.6. The summed E-state index contributed by atoms with van der Waals surface area (Å²) in [5.74, 6) is 0.659. The Hall–Kier alpha value is -2.83. The highest BCUT2D eigenvalue weighted by Crippen LogP contribution is 2.45. The number of carbonyl (C=O) groups excluding carboxylic acids is 1. The van der Waals surface area contributed by atoms with Crippen molar-refractivity contribution < 1.29 is 29.2 Å². The Kier molecular flexibility index (Phi) is 8.45. The third-order valence-corrected chi connectivity index (χ3v) is 4.75. The minimum absolute atomic E-state index is 0.149. The lowest BCUT2D eigenvalue weighted by Crippen LogP contribution is -2.28. The van der Waals surface area contributed by atoms with E-state index < -0.39 is 18.0 Å². The average Bonchev–Trinajstić information content (AvgIpc) is 2.70. The van der Waals surface area contributed by atoms with Crippen LogP contribution >= 0.6 is 0 Å². The quantitative estimate of drug-likeness (QED) is 0.329. The Morgan fingerprint density at radius 2 is 1.47 bits per heavy atom. The van der Waals surface area contributed by atoms with Crippen molar-refractivity contribution in [2.75, 3.05) is 6.61 Å². The molecule has 6 heteroatoms. The molecule has 0 spiro atoms. The van der Waals surface area contributed by atoms with Crippen molar-refractivity contribution in [2.24, 2.45) is 0 Å². The summed E-state index contributed by atoms with van der Waals surface area (Å²) in [4.78, 5) is 12.2. The smallest absolute Gasteiger partial charge is 0.306 e. The van der Waals surface area contributed by atoms with Crippen LogP contribution in [-0.4, -0.2) is 35.4 Å². The van der Waals surface area contributed by atoms with Gasteiger partial charge in [-0.15, -0.1) is 0 Å². The van der Waals surface area contributed by atoms with Crippen molar-refractivity contribution in [3.05, 3.63) is 72.3 Å². The minimum atomic E-state index is -1.00. The van der Waals surface area contributed by atoms with E-state index in [2.05, 4.69) is 6.58 Å². The SMILES string of the molecule is C=CCOC(=O)CCC(C)(c1ccccc1OC(C)O)c1ccccc1OC(C)O. The van der Waals surface area contributed by atoms with Crippen LogP contribution in [-0.2, 0) is 14.9 Å². The molecule has 0 aliphatic heterocycles. The Labute approximate surface area is 177 Å². The molecule has 0 fully saturated rings. The van der Waals surface area contributed by atoms with E-state index in [0.29, 0.717) is 17.9 Å². The van der Waals surface area contributed by atoms with Crippen LogP contribution in [0.4, 0.5) is 0 Å². The number of benzene rings is 2. The number of para-hydroxylation sites is 2. The molecule has 0 radical (unpaired) electrons. The maximum atomic E-state index is 12.2. The lowest BCUT2D eigenvalue weighted by molar-refractivity contribution is -0.142. The molecule has 6 nitrogen and oxygen atoms in total. The van der Waals surface area contributed by atoms with Gasteiger partial charge in [0.15, 0.2) is 12.6 Å². The molecule has 0 bridgehead atoms. The molecule has 30 heavy (non-hydrogen) atoms. The number of ether oxygens (including phenoxy) is 3. The van der Waals surface area contributed by atoms with Crippen molar-refractivity contribution in [3.63, 3.8) is 0 Å². The van der Waals surface area contributed by atoms with Crippen LogP contribution < -0.4 is 9.47 Å². The Bertz CT molecular complexity index is 790. The van der Waals surface area contributed by atoms with Crippen LogP contribution in [0.3, 0.4) is 0 Å². The van der Waals surface area contributed by atoms with Gasteiger partial charge < -0.3 is 24.4 Å². The number of aliphatic hydroxyl groups is 2. The first-order valence-electron chi connectivity index (χ1n) is 9.93. The van der Waals surface area contributed by atoms with E-state index in [1.165, 1.54) is 19.9 Å². The molecule has 0 aliphatic carbocycles. The average molecular weight is 414 g/mol.